The first kappa shape index (κ1) is 11.4. The average molecular weight is 210 g/mol. The lowest BCUT2D eigenvalue weighted by molar-refractivity contribution is 0.134. The normalized spacial score (nSPS) is 40.0. The van der Waals surface area contributed by atoms with Crippen LogP contribution in [0.4, 0.5) is 0 Å². The van der Waals surface area contributed by atoms with E-state index in [4.69, 9.17) is 5.73 Å². The van der Waals surface area contributed by atoms with Gasteiger partial charge in [-0.1, -0.05) is 13.8 Å². The SMILES string of the molecule is CCCN(CC)C1CCC2(CC1)CC2N. The maximum absolute atomic E-state index is 6.03. The van der Waals surface area contributed by atoms with E-state index in [9.17, 15) is 0 Å². The lowest BCUT2D eigenvalue weighted by atomic mass is 9.82. The van der Waals surface area contributed by atoms with Gasteiger partial charge in [0, 0.05) is 12.1 Å². The predicted octanol–water partition coefficient (Wildman–Crippen LogP) is 2.38. The van der Waals surface area contributed by atoms with Gasteiger partial charge >= 0.3 is 0 Å². The maximum Gasteiger partial charge on any atom is 0.0102 e. The molecule has 2 fully saturated rings. The minimum atomic E-state index is 0.541. The quantitative estimate of drug-likeness (QED) is 0.772. The fraction of sp³-hybridized carbons (Fsp3) is 1.00. The van der Waals surface area contributed by atoms with E-state index in [0.717, 1.165) is 6.04 Å². The monoisotopic (exact) mass is 210 g/mol. The Hall–Kier alpha value is -0.0800. The molecule has 2 aliphatic rings. The number of hydrogen-bond donors (Lipinski definition) is 1. The summed E-state index contributed by atoms with van der Waals surface area (Å²) in [7, 11) is 0. The van der Waals surface area contributed by atoms with Crippen molar-refractivity contribution in [3.63, 3.8) is 0 Å². The Bertz CT molecular complexity index is 207. The highest BCUT2D eigenvalue weighted by Crippen LogP contribution is 2.55. The third kappa shape index (κ3) is 2.21. The molecule has 2 N–H and O–H groups in total. The molecular formula is C13H26N2. The summed E-state index contributed by atoms with van der Waals surface area (Å²) in [4.78, 5) is 2.67. The second-order valence-corrected chi connectivity index (χ2v) is 5.53. The molecule has 0 saturated heterocycles. The van der Waals surface area contributed by atoms with Crippen LogP contribution in [-0.2, 0) is 0 Å². The van der Waals surface area contributed by atoms with Crippen molar-refractivity contribution in [2.75, 3.05) is 13.1 Å². The first-order chi connectivity index (χ1) is 7.22. The highest BCUT2D eigenvalue weighted by Gasteiger charge is 2.53. The Labute approximate surface area is 94.2 Å². The molecule has 1 atom stereocenters. The summed E-state index contributed by atoms with van der Waals surface area (Å²) in [5.74, 6) is 0. The van der Waals surface area contributed by atoms with E-state index in [2.05, 4.69) is 18.7 Å². The van der Waals surface area contributed by atoms with Gasteiger partial charge in [0.2, 0.25) is 0 Å². The standard InChI is InChI=1S/C13H26N2/c1-3-9-15(4-2)11-5-7-13(8-6-11)10-12(13)14/h11-12H,3-10,14H2,1-2H3. The molecule has 2 rings (SSSR count). The molecular weight excluding hydrogens is 184 g/mol. The Morgan fingerprint density at radius 2 is 1.87 bits per heavy atom. The Morgan fingerprint density at radius 3 is 2.27 bits per heavy atom. The van der Waals surface area contributed by atoms with Crippen LogP contribution in [0.5, 0.6) is 0 Å². The van der Waals surface area contributed by atoms with Gasteiger partial charge in [0.25, 0.3) is 0 Å². The summed E-state index contributed by atoms with van der Waals surface area (Å²) >= 11 is 0. The smallest absolute Gasteiger partial charge is 0.0102 e. The lowest BCUT2D eigenvalue weighted by Gasteiger charge is -2.36. The van der Waals surface area contributed by atoms with Crippen LogP contribution >= 0.6 is 0 Å². The number of nitrogens with zero attached hydrogens (tertiary/aromatic N) is 1. The van der Waals surface area contributed by atoms with Crippen molar-refractivity contribution in [3.05, 3.63) is 0 Å². The molecule has 0 bridgehead atoms. The molecule has 0 aromatic carbocycles. The van der Waals surface area contributed by atoms with Crippen molar-refractivity contribution in [2.24, 2.45) is 11.1 Å². The fourth-order valence-electron chi connectivity index (χ4n) is 3.38. The Kier molecular flexibility index (Phi) is 3.36. The minimum absolute atomic E-state index is 0.541. The van der Waals surface area contributed by atoms with Crippen molar-refractivity contribution in [1.29, 1.82) is 0 Å². The highest BCUT2D eigenvalue weighted by atomic mass is 15.1. The number of hydrogen-bond acceptors (Lipinski definition) is 2. The predicted molar refractivity (Wildman–Crippen MR) is 64.8 cm³/mol. The highest BCUT2D eigenvalue weighted by molar-refractivity contribution is 5.08. The molecule has 15 heavy (non-hydrogen) atoms. The van der Waals surface area contributed by atoms with Crippen molar-refractivity contribution in [2.45, 2.75) is 64.5 Å². The molecule has 0 aliphatic heterocycles. The number of nitrogens with two attached hydrogens (primary N) is 1. The largest absolute Gasteiger partial charge is 0.327 e. The van der Waals surface area contributed by atoms with Crippen LogP contribution in [0.1, 0.15) is 52.4 Å². The van der Waals surface area contributed by atoms with Gasteiger partial charge < -0.3 is 10.6 Å². The molecule has 0 aromatic heterocycles. The van der Waals surface area contributed by atoms with E-state index in [-0.39, 0.29) is 0 Å². The molecule has 0 heterocycles. The van der Waals surface area contributed by atoms with Gasteiger partial charge in [-0.05, 0) is 57.0 Å². The molecule has 2 nitrogen and oxygen atoms in total. The fourth-order valence-corrected chi connectivity index (χ4v) is 3.38. The first-order valence-electron chi connectivity index (χ1n) is 6.71. The van der Waals surface area contributed by atoms with Crippen LogP contribution < -0.4 is 5.73 Å². The van der Waals surface area contributed by atoms with E-state index < -0.39 is 0 Å². The molecule has 88 valence electrons. The molecule has 2 saturated carbocycles. The van der Waals surface area contributed by atoms with Gasteiger partial charge in [-0.2, -0.15) is 0 Å². The topological polar surface area (TPSA) is 29.3 Å². The molecule has 2 heteroatoms. The van der Waals surface area contributed by atoms with Crippen LogP contribution in [0.15, 0.2) is 0 Å². The summed E-state index contributed by atoms with van der Waals surface area (Å²) in [5.41, 5.74) is 6.63. The zero-order chi connectivity index (χ0) is 10.9. The van der Waals surface area contributed by atoms with E-state index in [1.807, 2.05) is 0 Å². The maximum atomic E-state index is 6.03. The average Bonchev–Trinajstić information content (AvgIpc) is 2.87. The van der Waals surface area contributed by atoms with Crippen LogP contribution in [0.3, 0.4) is 0 Å². The van der Waals surface area contributed by atoms with Gasteiger partial charge in [-0.15, -0.1) is 0 Å². The Morgan fingerprint density at radius 1 is 1.27 bits per heavy atom. The third-order valence-corrected chi connectivity index (χ3v) is 4.64. The van der Waals surface area contributed by atoms with E-state index >= 15 is 0 Å². The summed E-state index contributed by atoms with van der Waals surface area (Å²) < 4.78 is 0. The van der Waals surface area contributed by atoms with Crippen LogP contribution in [0, 0.1) is 5.41 Å². The number of rotatable bonds is 4. The van der Waals surface area contributed by atoms with Gasteiger partial charge in [0.05, 0.1) is 0 Å². The molecule has 0 radical (unpaired) electrons. The second kappa shape index (κ2) is 4.42. The molecule has 2 aliphatic carbocycles. The molecule has 0 aromatic rings. The Balaban J connectivity index is 1.81. The summed E-state index contributed by atoms with van der Waals surface area (Å²) in [6, 6.07) is 1.40. The van der Waals surface area contributed by atoms with E-state index in [0.29, 0.717) is 11.5 Å². The van der Waals surface area contributed by atoms with E-state index in [1.165, 1.54) is 51.6 Å². The zero-order valence-electron chi connectivity index (χ0n) is 10.3. The summed E-state index contributed by atoms with van der Waals surface area (Å²) in [5, 5.41) is 0. The third-order valence-electron chi connectivity index (χ3n) is 4.64. The van der Waals surface area contributed by atoms with Crippen LogP contribution in [-0.4, -0.2) is 30.1 Å². The first-order valence-corrected chi connectivity index (χ1v) is 6.71. The molecule has 1 unspecified atom stereocenters. The van der Waals surface area contributed by atoms with Crippen molar-refractivity contribution in [1.82, 2.24) is 4.90 Å². The summed E-state index contributed by atoms with van der Waals surface area (Å²) in [6.07, 6.45) is 8.15. The van der Waals surface area contributed by atoms with Gasteiger partial charge in [-0.3, -0.25) is 0 Å². The molecule has 0 amide bonds. The van der Waals surface area contributed by atoms with Gasteiger partial charge in [-0.25, -0.2) is 0 Å². The second-order valence-electron chi connectivity index (χ2n) is 5.53. The molecule has 1 spiro atoms. The summed E-state index contributed by atoms with van der Waals surface area (Å²) in [6.45, 7) is 7.07. The zero-order valence-corrected chi connectivity index (χ0v) is 10.3. The van der Waals surface area contributed by atoms with E-state index in [1.54, 1.807) is 0 Å². The van der Waals surface area contributed by atoms with Crippen LogP contribution in [0.25, 0.3) is 0 Å². The van der Waals surface area contributed by atoms with Crippen LogP contribution in [0.2, 0.25) is 0 Å². The minimum Gasteiger partial charge on any atom is -0.327 e. The van der Waals surface area contributed by atoms with Crippen molar-refractivity contribution in [3.8, 4) is 0 Å². The van der Waals surface area contributed by atoms with Gasteiger partial charge in [0.1, 0.15) is 0 Å². The van der Waals surface area contributed by atoms with Crippen molar-refractivity contribution < 1.29 is 0 Å². The lowest BCUT2D eigenvalue weighted by Crippen LogP contribution is -2.39. The van der Waals surface area contributed by atoms with Gasteiger partial charge in [0.15, 0.2) is 0 Å². The van der Waals surface area contributed by atoms with Crippen molar-refractivity contribution >= 4 is 0 Å².